The average molecular weight is 487 g/mol. The third kappa shape index (κ3) is 4.80. The first kappa shape index (κ1) is 23.8. The SMILES string of the molecule is CCc1c(C)sc2c1CCN(Cc1nc(-c3ccc(OC(C)C)cc3)oc1C)[C@H]2c1ccccc1. The Morgan fingerprint density at radius 2 is 1.83 bits per heavy atom. The summed E-state index contributed by atoms with van der Waals surface area (Å²) in [6.45, 7) is 12.4. The topological polar surface area (TPSA) is 38.5 Å². The molecule has 5 heteroatoms. The van der Waals surface area contributed by atoms with E-state index in [4.69, 9.17) is 14.1 Å². The van der Waals surface area contributed by atoms with Gasteiger partial charge < -0.3 is 9.15 Å². The Morgan fingerprint density at radius 3 is 2.51 bits per heavy atom. The molecule has 0 saturated carbocycles. The second-order valence-electron chi connectivity index (χ2n) is 9.58. The van der Waals surface area contributed by atoms with Crippen molar-refractivity contribution in [3.63, 3.8) is 0 Å². The maximum absolute atomic E-state index is 6.14. The van der Waals surface area contributed by atoms with E-state index in [1.54, 1.807) is 11.1 Å². The number of hydrogen-bond donors (Lipinski definition) is 0. The lowest BCUT2D eigenvalue weighted by Gasteiger charge is -2.36. The van der Waals surface area contributed by atoms with Gasteiger partial charge in [0.1, 0.15) is 11.5 Å². The number of oxazole rings is 1. The lowest BCUT2D eigenvalue weighted by atomic mass is 9.91. The minimum atomic E-state index is 0.152. The van der Waals surface area contributed by atoms with Crippen molar-refractivity contribution in [1.29, 1.82) is 0 Å². The molecule has 35 heavy (non-hydrogen) atoms. The molecule has 0 aliphatic carbocycles. The number of aryl methyl sites for hydroxylation is 2. The van der Waals surface area contributed by atoms with Crippen molar-refractivity contribution in [3.05, 3.63) is 92.5 Å². The van der Waals surface area contributed by atoms with Gasteiger partial charge in [-0.2, -0.15) is 0 Å². The van der Waals surface area contributed by atoms with Crippen LogP contribution in [0.2, 0.25) is 0 Å². The quantitative estimate of drug-likeness (QED) is 0.271. The number of rotatable bonds is 7. The highest BCUT2D eigenvalue weighted by Crippen LogP contribution is 2.43. The van der Waals surface area contributed by atoms with E-state index in [9.17, 15) is 0 Å². The van der Waals surface area contributed by atoms with Gasteiger partial charge in [-0.3, -0.25) is 4.90 Å². The molecule has 1 aliphatic rings. The van der Waals surface area contributed by atoms with E-state index in [1.807, 2.05) is 56.4 Å². The van der Waals surface area contributed by atoms with E-state index in [1.165, 1.54) is 15.3 Å². The Labute approximate surface area is 212 Å². The molecule has 0 N–H and O–H groups in total. The minimum Gasteiger partial charge on any atom is -0.491 e. The van der Waals surface area contributed by atoms with E-state index in [0.717, 1.165) is 48.7 Å². The number of hydrogen-bond acceptors (Lipinski definition) is 5. The normalized spacial score (nSPS) is 16.0. The highest BCUT2D eigenvalue weighted by Gasteiger charge is 2.33. The van der Waals surface area contributed by atoms with Crippen molar-refractivity contribution in [2.24, 2.45) is 0 Å². The summed E-state index contributed by atoms with van der Waals surface area (Å²) in [6.07, 6.45) is 2.35. The van der Waals surface area contributed by atoms with E-state index in [0.29, 0.717) is 5.89 Å². The monoisotopic (exact) mass is 486 g/mol. The van der Waals surface area contributed by atoms with Crippen LogP contribution < -0.4 is 4.74 Å². The van der Waals surface area contributed by atoms with Crippen LogP contribution in [-0.4, -0.2) is 22.5 Å². The first-order valence-electron chi connectivity index (χ1n) is 12.6. The number of ether oxygens (including phenoxy) is 1. The van der Waals surface area contributed by atoms with Gasteiger partial charge in [0.25, 0.3) is 0 Å². The zero-order valence-corrected chi connectivity index (χ0v) is 22.1. The molecule has 0 unspecified atom stereocenters. The van der Waals surface area contributed by atoms with Crippen molar-refractivity contribution >= 4 is 11.3 Å². The molecule has 0 bridgehead atoms. The summed E-state index contributed by atoms with van der Waals surface area (Å²) in [6, 6.07) is 19.2. The van der Waals surface area contributed by atoms with Gasteiger partial charge in [0, 0.05) is 28.4 Å². The summed E-state index contributed by atoms with van der Waals surface area (Å²) in [5.74, 6) is 2.42. The van der Waals surface area contributed by atoms with Crippen LogP contribution in [0.5, 0.6) is 5.75 Å². The molecule has 1 aliphatic heterocycles. The molecule has 2 aromatic carbocycles. The van der Waals surface area contributed by atoms with E-state index >= 15 is 0 Å². The summed E-state index contributed by atoms with van der Waals surface area (Å²) in [7, 11) is 0. The molecular formula is C30H34N2O2S. The second-order valence-corrected chi connectivity index (χ2v) is 10.8. The molecule has 4 aromatic rings. The number of thiophene rings is 1. The molecule has 0 saturated heterocycles. The summed E-state index contributed by atoms with van der Waals surface area (Å²) < 4.78 is 11.9. The van der Waals surface area contributed by atoms with Gasteiger partial charge in [0.15, 0.2) is 0 Å². The number of aromatic nitrogens is 1. The van der Waals surface area contributed by atoms with Crippen LogP contribution in [0.15, 0.2) is 59.0 Å². The predicted molar refractivity (Wildman–Crippen MR) is 143 cm³/mol. The second kappa shape index (κ2) is 10.00. The maximum Gasteiger partial charge on any atom is 0.226 e. The van der Waals surface area contributed by atoms with Gasteiger partial charge in [-0.05, 0) is 81.5 Å². The van der Waals surface area contributed by atoms with Crippen molar-refractivity contribution in [1.82, 2.24) is 9.88 Å². The van der Waals surface area contributed by atoms with Gasteiger partial charge in [-0.1, -0.05) is 37.3 Å². The number of benzene rings is 2. The third-order valence-electron chi connectivity index (χ3n) is 6.80. The Balaban J connectivity index is 1.44. The lowest BCUT2D eigenvalue weighted by molar-refractivity contribution is 0.204. The van der Waals surface area contributed by atoms with Gasteiger partial charge in [-0.15, -0.1) is 11.3 Å². The molecule has 182 valence electrons. The summed E-state index contributed by atoms with van der Waals surface area (Å²) in [4.78, 5) is 10.5. The fraction of sp³-hybridized carbons (Fsp3) is 0.367. The molecule has 0 radical (unpaired) electrons. The Kier molecular flexibility index (Phi) is 6.81. The predicted octanol–water partition coefficient (Wildman–Crippen LogP) is 7.52. The maximum atomic E-state index is 6.14. The van der Waals surface area contributed by atoms with Gasteiger partial charge >= 0.3 is 0 Å². The number of nitrogens with zero attached hydrogens (tertiary/aromatic N) is 2. The molecule has 0 amide bonds. The van der Waals surface area contributed by atoms with Crippen molar-refractivity contribution in [2.45, 2.75) is 66.2 Å². The van der Waals surface area contributed by atoms with Crippen LogP contribution in [0, 0.1) is 13.8 Å². The van der Waals surface area contributed by atoms with Crippen LogP contribution in [0.25, 0.3) is 11.5 Å². The Hall–Kier alpha value is -2.89. The molecule has 0 fully saturated rings. The van der Waals surface area contributed by atoms with Crippen molar-refractivity contribution < 1.29 is 9.15 Å². The van der Waals surface area contributed by atoms with Gasteiger partial charge in [0.2, 0.25) is 5.89 Å². The molecule has 3 heterocycles. The first-order valence-corrected chi connectivity index (χ1v) is 13.4. The summed E-state index contributed by atoms with van der Waals surface area (Å²) in [5.41, 5.74) is 6.45. The van der Waals surface area contributed by atoms with Crippen LogP contribution >= 0.6 is 11.3 Å². The highest BCUT2D eigenvalue weighted by atomic mass is 32.1. The van der Waals surface area contributed by atoms with Gasteiger partial charge in [0.05, 0.1) is 17.8 Å². The zero-order valence-electron chi connectivity index (χ0n) is 21.3. The molecule has 4 nitrogen and oxygen atoms in total. The smallest absolute Gasteiger partial charge is 0.226 e. The minimum absolute atomic E-state index is 0.152. The van der Waals surface area contributed by atoms with Gasteiger partial charge in [-0.25, -0.2) is 4.98 Å². The van der Waals surface area contributed by atoms with E-state index in [-0.39, 0.29) is 12.1 Å². The van der Waals surface area contributed by atoms with Crippen LogP contribution in [0.4, 0.5) is 0 Å². The van der Waals surface area contributed by atoms with E-state index in [2.05, 4.69) is 49.1 Å². The summed E-state index contributed by atoms with van der Waals surface area (Å²) >= 11 is 1.97. The fourth-order valence-electron chi connectivity index (χ4n) is 5.16. The van der Waals surface area contributed by atoms with Crippen molar-refractivity contribution in [3.8, 4) is 17.2 Å². The van der Waals surface area contributed by atoms with Crippen molar-refractivity contribution in [2.75, 3.05) is 6.54 Å². The third-order valence-corrected chi connectivity index (χ3v) is 8.04. The lowest BCUT2D eigenvalue weighted by Crippen LogP contribution is -2.35. The molecule has 0 spiro atoms. The fourth-order valence-corrected chi connectivity index (χ4v) is 6.63. The Morgan fingerprint density at radius 1 is 1.09 bits per heavy atom. The average Bonchev–Trinajstić information content (AvgIpc) is 3.37. The largest absolute Gasteiger partial charge is 0.491 e. The zero-order chi connectivity index (χ0) is 24.5. The Bertz CT molecular complexity index is 1290. The molecule has 5 rings (SSSR count). The van der Waals surface area contributed by atoms with E-state index < -0.39 is 0 Å². The van der Waals surface area contributed by atoms with Crippen LogP contribution in [0.3, 0.4) is 0 Å². The molecular weight excluding hydrogens is 452 g/mol. The van der Waals surface area contributed by atoms with Crippen LogP contribution in [-0.2, 0) is 19.4 Å². The first-order chi connectivity index (χ1) is 16.9. The standard InChI is InChI=1S/C30H34N2O2S/c1-6-25-21(5)35-29-26(25)16-17-32(28(29)22-10-8-7-9-11-22)18-27-20(4)34-30(31-27)23-12-14-24(15-13-23)33-19(2)3/h7-15,19,28H,6,16-18H2,1-5H3/t28-/m0/s1. The van der Waals surface area contributed by atoms with Crippen LogP contribution in [0.1, 0.15) is 64.7 Å². The number of fused-ring (bicyclic) bond motifs is 1. The molecule has 2 aromatic heterocycles. The highest BCUT2D eigenvalue weighted by molar-refractivity contribution is 7.12. The summed E-state index contributed by atoms with van der Waals surface area (Å²) in [5, 5.41) is 0. The molecule has 1 atom stereocenters.